The van der Waals surface area contributed by atoms with Crippen LogP contribution in [0.3, 0.4) is 0 Å². The van der Waals surface area contributed by atoms with E-state index in [1.165, 1.54) is 5.56 Å². The summed E-state index contributed by atoms with van der Waals surface area (Å²) in [5.74, 6) is 0. The molecule has 1 N–H and O–H groups in total. The summed E-state index contributed by atoms with van der Waals surface area (Å²) in [6.45, 7) is 1.75. The summed E-state index contributed by atoms with van der Waals surface area (Å²) in [5, 5.41) is 3.34. The zero-order chi connectivity index (χ0) is 9.64. The van der Waals surface area contributed by atoms with Crippen molar-refractivity contribution in [1.29, 1.82) is 0 Å². The number of ether oxygens (including phenoxy) is 1. The topological polar surface area (TPSA) is 34.4 Å². The van der Waals surface area contributed by atoms with Crippen LogP contribution in [0.1, 0.15) is 18.4 Å². The maximum Gasteiger partial charge on any atom is 0.110 e. The van der Waals surface area contributed by atoms with Crippen LogP contribution in [0.5, 0.6) is 0 Å². The lowest BCUT2D eigenvalue weighted by Gasteiger charge is -2.19. The Morgan fingerprint density at radius 2 is 2.50 bits per heavy atom. The summed E-state index contributed by atoms with van der Waals surface area (Å²) >= 11 is 0. The Bertz CT molecular complexity index is 279. The van der Waals surface area contributed by atoms with Gasteiger partial charge in [0.25, 0.3) is 0 Å². The van der Waals surface area contributed by atoms with E-state index in [2.05, 4.69) is 11.4 Å². The fourth-order valence-electron chi connectivity index (χ4n) is 1.51. The Hall–Kier alpha value is -1.22. The Morgan fingerprint density at radius 3 is 3.21 bits per heavy atom. The van der Waals surface area contributed by atoms with Gasteiger partial charge in [-0.25, -0.2) is 0 Å². The van der Waals surface area contributed by atoms with Crippen molar-refractivity contribution >= 4 is 0 Å². The first-order chi connectivity index (χ1) is 6.95. The third kappa shape index (κ3) is 2.64. The lowest BCUT2D eigenvalue weighted by Crippen LogP contribution is -2.28. The van der Waals surface area contributed by atoms with Crippen molar-refractivity contribution in [2.75, 3.05) is 6.54 Å². The maximum atomic E-state index is 5.43. The minimum atomic E-state index is 0.326. The SMILES string of the molecule is C1=COC(CNCc2ccoc2)CC1. The summed E-state index contributed by atoms with van der Waals surface area (Å²) in [7, 11) is 0. The minimum absolute atomic E-state index is 0.326. The zero-order valence-electron chi connectivity index (χ0n) is 8.11. The quantitative estimate of drug-likeness (QED) is 0.794. The lowest BCUT2D eigenvalue weighted by molar-refractivity contribution is 0.122. The molecule has 1 aliphatic heterocycles. The average molecular weight is 193 g/mol. The summed E-state index contributed by atoms with van der Waals surface area (Å²) in [5.41, 5.74) is 1.18. The van der Waals surface area contributed by atoms with Gasteiger partial charge in [0.1, 0.15) is 6.10 Å². The molecule has 0 aliphatic carbocycles. The van der Waals surface area contributed by atoms with E-state index in [1.54, 1.807) is 18.8 Å². The van der Waals surface area contributed by atoms with Gasteiger partial charge in [0.15, 0.2) is 0 Å². The number of hydrogen-bond acceptors (Lipinski definition) is 3. The first-order valence-electron chi connectivity index (χ1n) is 4.97. The molecule has 0 saturated heterocycles. The number of nitrogens with one attached hydrogen (secondary N) is 1. The number of hydrogen-bond donors (Lipinski definition) is 1. The van der Waals surface area contributed by atoms with E-state index in [0.29, 0.717) is 6.10 Å². The summed E-state index contributed by atoms with van der Waals surface area (Å²) in [6.07, 6.45) is 9.87. The molecule has 1 unspecified atom stereocenters. The predicted octanol–water partition coefficient (Wildman–Crippen LogP) is 2.06. The maximum absolute atomic E-state index is 5.43. The van der Waals surface area contributed by atoms with Crippen molar-refractivity contribution < 1.29 is 9.15 Å². The van der Waals surface area contributed by atoms with Gasteiger partial charge in [0.2, 0.25) is 0 Å². The number of furan rings is 1. The van der Waals surface area contributed by atoms with E-state index in [1.807, 2.05) is 6.07 Å². The van der Waals surface area contributed by atoms with Crippen molar-refractivity contribution in [2.24, 2.45) is 0 Å². The van der Waals surface area contributed by atoms with Crippen LogP contribution in [0, 0.1) is 0 Å². The van der Waals surface area contributed by atoms with Gasteiger partial charge in [-0.05, 0) is 25.0 Å². The van der Waals surface area contributed by atoms with E-state index in [4.69, 9.17) is 9.15 Å². The molecule has 1 aliphatic rings. The highest BCUT2D eigenvalue weighted by Gasteiger charge is 2.09. The second-order valence-electron chi connectivity index (χ2n) is 3.47. The van der Waals surface area contributed by atoms with Gasteiger partial charge in [-0.2, -0.15) is 0 Å². The van der Waals surface area contributed by atoms with Crippen LogP contribution >= 0.6 is 0 Å². The number of allylic oxidation sites excluding steroid dienone is 1. The minimum Gasteiger partial charge on any atom is -0.497 e. The van der Waals surface area contributed by atoms with Gasteiger partial charge in [-0.15, -0.1) is 0 Å². The van der Waals surface area contributed by atoms with Gasteiger partial charge in [0, 0.05) is 18.7 Å². The van der Waals surface area contributed by atoms with E-state index in [9.17, 15) is 0 Å². The molecule has 1 atom stereocenters. The van der Waals surface area contributed by atoms with Crippen LogP contribution in [0.2, 0.25) is 0 Å². The van der Waals surface area contributed by atoms with E-state index in [-0.39, 0.29) is 0 Å². The molecule has 0 amide bonds. The molecule has 0 spiro atoms. The molecular formula is C11H15NO2. The van der Waals surface area contributed by atoms with E-state index < -0.39 is 0 Å². The molecule has 0 saturated carbocycles. The molecule has 1 aromatic rings. The molecule has 0 fully saturated rings. The Balaban J connectivity index is 1.65. The van der Waals surface area contributed by atoms with Gasteiger partial charge in [0.05, 0.1) is 18.8 Å². The second-order valence-corrected chi connectivity index (χ2v) is 3.47. The van der Waals surface area contributed by atoms with Crippen molar-refractivity contribution in [1.82, 2.24) is 5.32 Å². The van der Waals surface area contributed by atoms with E-state index >= 15 is 0 Å². The second kappa shape index (κ2) is 4.86. The summed E-state index contributed by atoms with van der Waals surface area (Å²) in [6, 6.07) is 1.97. The van der Waals surface area contributed by atoms with Gasteiger partial charge < -0.3 is 14.5 Å². The third-order valence-electron chi connectivity index (χ3n) is 2.30. The van der Waals surface area contributed by atoms with Crippen LogP contribution in [0.25, 0.3) is 0 Å². The summed E-state index contributed by atoms with van der Waals surface area (Å²) in [4.78, 5) is 0. The normalized spacial score (nSPS) is 20.7. The van der Waals surface area contributed by atoms with E-state index in [0.717, 1.165) is 25.9 Å². The van der Waals surface area contributed by atoms with Crippen LogP contribution in [0.15, 0.2) is 35.3 Å². The van der Waals surface area contributed by atoms with Crippen molar-refractivity contribution in [2.45, 2.75) is 25.5 Å². The monoisotopic (exact) mass is 193 g/mol. The number of rotatable bonds is 4. The lowest BCUT2D eigenvalue weighted by atomic mass is 10.1. The van der Waals surface area contributed by atoms with Crippen molar-refractivity contribution in [3.05, 3.63) is 36.5 Å². The highest BCUT2D eigenvalue weighted by atomic mass is 16.5. The van der Waals surface area contributed by atoms with Crippen LogP contribution in [-0.4, -0.2) is 12.6 Å². The zero-order valence-corrected chi connectivity index (χ0v) is 8.11. The van der Waals surface area contributed by atoms with Crippen LogP contribution < -0.4 is 5.32 Å². The third-order valence-corrected chi connectivity index (χ3v) is 2.30. The standard InChI is InChI=1S/C11H15NO2/c1-2-5-14-11(3-1)8-12-7-10-4-6-13-9-10/h2,4-6,9,11-12H,1,3,7-8H2. The predicted molar refractivity (Wildman–Crippen MR) is 53.7 cm³/mol. The molecule has 76 valence electrons. The van der Waals surface area contributed by atoms with Crippen LogP contribution in [0.4, 0.5) is 0 Å². The molecular weight excluding hydrogens is 178 g/mol. The molecule has 0 aromatic carbocycles. The van der Waals surface area contributed by atoms with Crippen molar-refractivity contribution in [3.8, 4) is 0 Å². The molecule has 14 heavy (non-hydrogen) atoms. The Kier molecular flexibility index (Phi) is 3.24. The Labute approximate surface area is 83.7 Å². The largest absolute Gasteiger partial charge is 0.497 e. The van der Waals surface area contributed by atoms with Crippen molar-refractivity contribution in [3.63, 3.8) is 0 Å². The fourth-order valence-corrected chi connectivity index (χ4v) is 1.51. The molecule has 1 aromatic heterocycles. The molecule has 2 heterocycles. The first kappa shape index (κ1) is 9.34. The highest BCUT2D eigenvalue weighted by Crippen LogP contribution is 2.09. The highest BCUT2D eigenvalue weighted by molar-refractivity contribution is 5.04. The summed E-state index contributed by atoms with van der Waals surface area (Å²) < 4.78 is 10.4. The molecule has 0 radical (unpaired) electrons. The first-order valence-corrected chi connectivity index (χ1v) is 4.97. The van der Waals surface area contributed by atoms with Crippen LogP contribution in [-0.2, 0) is 11.3 Å². The van der Waals surface area contributed by atoms with Gasteiger partial charge in [-0.1, -0.05) is 0 Å². The fraction of sp³-hybridized carbons (Fsp3) is 0.455. The smallest absolute Gasteiger partial charge is 0.110 e. The molecule has 0 bridgehead atoms. The average Bonchev–Trinajstić information content (AvgIpc) is 2.72. The molecule has 2 rings (SSSR count). The molecule has 3 heteroatoms. The Morgan fingerprint density at radius 1 is 1.50 bits per heavy atom. The molecule has 3 nitrogen and oxygen atoms in total. The van der Waals surface area contributed by atoms with Gasteiger partial charge >= 0.3 is 0 Å². The van der Waals surface area contributed by atoms with Gasteiger partial charge in [-0.3, -0.25) is 0 Å².